The quantitative estimate of drug-likeness (QED) is 0.470. The van der Waals surface area contributed by atoms with Crippen LogP contribution in [-0.2, 0) is 0 Å². The van der Waals surface area contributed by atoms with Crippen LogP contribution < -0.4 is 0 Å². The summed E-state index contributed by atoms with van der Waals surface area (Å²) in [6.45, 7) is 5.96. The number of rotatable bonds is 1. The lowest BCUT2D eigenvalue weighted by molar-refractivity contribution is 0.715. The van der Waals surface area contributed by atoms with E-state index in [0.29, 0.717) is 4.75 Å². The van der Waals surface area contributed by atoms with Gasteiger partial charge in [0.15, 0.2) is 0 Å². The molecular weight excluding hydrogens is 104 g/mol. The van der Waals surface area contributed by atoms with E-state index in [0.717, 1.165) is 0 Å². The van der Waals surface area contributed by atoms with E-state index in [1.807, 2.05) is 17.8 Å². The van der Waals surface area contributed by atoms with Crippen LogP contribution in [0.1, 0.15) is 13.3 Å². The molecule has 7 heavy (non-hydrogen) atoms. The van der Waals surface area contributed by atoms with Crippen molar-refractivity contribution in [2.45, 2.75) is 18.1 Å². The minimum absolute atomic E-state index is 0.444. The lowest BCUT2D eigenvalue weighted by Crippen LogP contribution is -2.27. The molecule has 0 bridgehead atoms. The highest BCUT2D eigenvalue weighted by Crippen LogP contribution is 2.40. The van der Waals surface area contributed by atoms with Crippen LogP contribution in [0.15, 0.2) is 12.7 Å². The van der Waals surface area contributed by atoms with E-state index >= 15 is 0 Å². The summed E-state index contributed by atoms with van der Waals surface area (Å²) >= 11 is 1.99. The molecule has 0 amide bonds. The van der Waals surface area contributed by atoms with Crippen molar-refractivity contribution in [2.24, 2.45) is 0 Å². The molecule has 1 heterocycles. The molecule has 0 nitrogen and oxygen atoms in total. The number of hydrogen-bond donors (Lipinski definition) is 0. The highest BCUT2D eigenvalue weighted by Gasteiger charge is 2.28. The number of hydrogen-bond acceptors (Lipinski definition) is 1. The predicted molar refractivity (Wildman–Crippen MR) is 35.7 cm³/mol. The van der Waals surface area contributed by atoms with Gasteiger partial charge in [0.25, 0.3) is 0 Å². The fourth-order valence-corrected chi connectivity index (χ4v) is 1.55. The van der Waals surface area contributed by atoms with Crippen LogP contribution in [0.2, 0.25) is 0 Å². The van der Waals surface area contributed by atoms with Gasteiger partial charge in [-0.1, -0.05) is 6.08 Å². The summed E-state index contributed by atoms with van der Waals surface area (Å²) in [7, 11) is 0. The zero-order chi connectivity index (χ0) is 5.33. The Kier molecular flexibility index (Phi) is 1.16. The van der Waals surface area contributed by atoms with E-state index in [-0.39, 0.29) is 0 Å². The van der Waals surface area contributed by atoms with Crippen molar-refractivity contribution in [2.75, 3.05) is 5.75 Å². The van der Waals surface area contributed by atoms with Crippen molar-refractivity contribution in [1.82, 2.24) is 0 Å². The Balaban J connectivity index is 2.43. The molecule has 1 heteroatoms. The summed E-state index contributed by atoms with van der Waals surface area (Å²) in [4.78, 5) is 0. The Morgan fingerprint density at radius 1 is 1.86 bits per heavy atom. The summed E-state index contributed by atoms with van der Waals surface area (Å²) in [6.07, 6.45) is 3.36. The smallest absolute Gasteiger partial charge is 0.0315 e. The standard InChI is InChI=1S/C6H10S/c1-3-6(2)4-5-7-6/h3H,1,4-5H2,2H3. The molecule has 40 valence electrons. The second-order valence-electron chi connectivity index (χ2n) is 2.12. The van der Waals surface area contributed by atoms with Gasteiger partial charge in [0.1, 0.15) is 0 Å². The summed E-state index contributed by atoms with van der Waals surface area (Å²) in [5.41, 5.74) is 0. The average Bonchev–Trinajstić information content (AvgIpc) is 1.61. The van der Waals surface area contributed by atoms with Crippen molar-refractivity contribution in [3.63, 3.8) is 0 Å². The normalized spacial score (nSPS) is 39.6. The fourth-order valence-electron chi connectivity index (χ4n) is 0.585. The third kappa shape index (κ3) is 0.828. The highest BCUT2D eigenvalue weighted by atomic mass is 32.2. The second kappa shape index (κ2) is 1.55. The maximum Gasteiger partial charge on any atom is 0.0315 e. The Morgan fingerprint density at radius 3 is 2.43 bits per heavy atom. The van der Waals surface area contributed by atoms with Gasteiger partial charge in [-0.05, 0) is 19.1 Å². The number of thioether (sulfide) groups is 1. The van der Waals surface area contributed by atoms with Gasteiger partial charge in [-0.2, -0.15) is 11.8 Å². The van der Waals surface area contributed by atoms with Gasteiger partial charge in [0, 0.05) is 4.75 Å². The summed E-state index contributed by atoms with van der Waals surface area (Å²) in [5, 5.41) is 0. The molecule has 0 aliphatic carbocycles. The SMILES string of the molecule is C=CC1(C)CCS1. The molecule has 1 aliphatic heterocycles. The van der Waals surface area contributed by atoms with Gasteiger partial charge >= 0.3 is 0 Å². The van der Waals surface area contributed by atoms with Crippen LogP contribution in [0.3, 0.4) is 0 Å². The maximum atomic E-state index is 3.73. The Morgan fingerprint density at radius 2 is 2.43 bits per heavy atom. The molecule has 1 fully saturated rings. The van der Waals surface area contributed by atoms with Crippen molar-refractivity contribution in [3.8, 4) is 0 Å². The minimum atomic E-state index is 0.444. The monoisotopic (exact) mass is 114 g/mol. The molecule has 1 saturated heterocycles. The molecular formula is C6H10S. The van der Waals surface area contributed by atoms with E-state index < -0.39 is 0 Å². The Bertz CT molecular complexity index is 82.2. The molecule has 1 aliphatic rings. The van der Waals surface area contributed by atoms with E-state index in [9.17, 15) is 0 Å². The van der Waals surface area contributed by atoms with E-state index in [4.69, 9.17) is 0 Å². The van der Waals surface area contributed by atoms with Crippen molar-refractivity contribution >= 4 is 11.8 Å². The Hall–Kier alpha value is 0.0900. The van der Waals surface area contributed by atoms with Crippen molar-refractivity contribution in [3.05, 3.63) is 12.7 Å². The topological polar surface area (TPSA) is 0 Å². The van der Waals surface area contributed by atoms with Crippen LogP contribution in [0.4, 0.5) is 0 Å². The molecule has 0 aromatic carbocycles. The lowest BCUT2D eigenvalue weighted by atomic mass is 10.1. The molecule has 1 unspecified atom stereocenters. The maximum absolute atomic E-state index is 3.73. The zero-order valence-electron chi connectivity index (χ0n) is 4.61. The second-order valence-corrected chi connectivity index (χ2v) is 3.74. The lowest BCUT2D eigenvalue weighted by Gasteiger charge is -2.34. The van der Waals surface area contributed by atoms with Crippen LogP contribution in [-0.4, -0.2) is 10.5 Å². The summed E-state index contributed by atoms with van der Waals surface area (Å²) < 4.78 is 0.444. The van der Waals surface area contributed by atoms with E-state index in [1.165, 1.54) is 12.2 Å². The van der Waals surface area contributed by atoms with Crippen LogP contribution in [0.5, 0.6) is 0 Å². The molecule has 0 saturated carbocycles. The van der Waals surface area contributed by atoms with Crippen molar-refractivity contribution < 1.29 is 0 Å². The summed E-state index contributed by atoms with van der Waals surface area (Å²) in [6, 6.07) is 0. The molecule has 0 spiro atoms. The van der Waals surface area contributed by atoms with Crippen LogP contribution >= 0.6 is 11.8 Å². The first-order valence-corrected chi connectivity index (χ1v) is 3.53. The van der Waals surface area contributed by atoms with Crippen LogP contribution in [0.25, 0.3) is 0 Å². The molecule has 0 aromatic heterocycles. The first-order valence-electron chi connectivity index (χ1n) is 2.54. The molecule has 0 N–H and O–H groups in total. The average molecular weight is 114 g/mol. The first kappa shape index (κ1) is 5.23. The van der Waals surface area contributed by atoms with Gasteiger partial charge in [-0.15, -0.1) is 6.58 Å². The summed E-state index contributed by atoms with van der Waals surface area (Å²) in [5.74, 6) is 1.32. The zero-order valence-corrected chi connectivity index (χ0v) is 5.42. The van der Waals surface area contributed by atoms with Gasteiger partial charge in [-0.3, -0.25) is 0 Å². The first-order chi connectivity index (χ1) is 3.27. The van der Waals surface area contributed by atoms with E-state index in [2.05, 4.69) is 13.5 Å². The van der Waals surface area contributed by atoms with Gasteiger partial charge < -0.3 is 0 Å². The largest absolute Gasteiger partial charge is 0.151 e. The third-order valence-corrected chi connectivity index (χ3v) is 2.90. The van der Waals surface area contributed by atoms with Gasteiger partial charge in [0.2, 0.25) is 0 Å². The molecule has 0 aromatic rings. The van der Waals surface area contributed by atoms with Gasteiger partial charge in [0.05, 0.1) is 0 Å². The predicted octanol–water partition coefficient (Wildman–Crippen LogP) is 2.07. The third-order valence-electron chi connectivity index (χ3n) is 1.46. The van der Waals surface area contributed by atoms with Crippen molar-refractivity contribution in [1.29, 1.82) is 0 Å². The minimum Gasteiger partial charge on any atom is -0.151 e. The molecule has 1 atom stereocenters. The molecule has 0 radical (unpaired) electrons. The molecule has 1 rings (SSSR count). The van der Waals surface area contributed by atoms with E-state index in [1.54, 1.807) is 0 Å². The fraction of sp³-hybridized carbons (Fsp3) is 0.667. The highest BCUT2D eigenvalue weighted by molar-refractivity contribution is 8.02. The Labute approximate surface area is 49.0 Å². The van der Waals surface area contributed by atoms with Crippen LogP contribution in [0, 0.1) is 0 Å². The van der Waals surface area contributed by atoms with Gasteiger partial charge in [-0.25, -0.2) is 0 Å².